The highest BCUT2D eigenvalue weighted by Crippen LogP contribution is 2.33. The highest BCUT2D eigenvalue weighted by molar-refractivity contribution is 7.90. The fourth-order valence-electron chi connectivity index (χ4n) is 2.54. The average Bonchev–Trinajstić information content (AvgIpc) is 3.15. The smallest absolute Gasteiger partial charge is 0.269 e. The first-order valence-electron chi connectivity index (χ1n) is 6.74. The van der Waals surface area contributed by atoms with Gasteiger partial charge in [0.15, 0.2) is 4.83 Å². The van der Waals surface area contributed by atoms with E-state index in [0.29, 0.717) is 21.6 Å². The molecule has 2 aromatic heterocycles. The Balaban J connectivity index is 2.04. The Bertz CT molecular complexity index is 1110. The predicted octanol–water partition coefficient (Wildman–Crippen LogP) is 2.89. The van der Waals surface area contributed by atoms with E-state index in [9.17, 15) is 8.42 Å². The Labute approximate surface area is 136 Å². The SMILES string of the molecule is COc1ccc(S(=O)(=O)n2c3ccccc3c3nnsc32)cc1. The van der Waals surface area contributed by atoms with Crippen LogP contribution in [-0.4, -0.2) is 29.1 Å². The molecular formula is C15H11N3O3S2. The van der Waals surface area contributed by atoms with Gasteiger partial charge in [-0.3, -0.25) is 0 Å². The normalized spacial score (nSPS) is 12.0. The second kappa shape index (κ2) is 5.04. The third kappa shape index (κ3) is 2.02. The largest absolute Gasteiger partial charge is 0.497 e. The first-order chi connectivity index (χ1) is 11.1. The van der Waals surface area contributed by atoms with Gasteiger partial charge < -0.3 is 4.74 Å². The van der Waals surface area contributed by atoms with Crippen molar-refractivity contribution in [3.63, 3.8) is 0 Å². The Hall–Kier alpha value is -2.45. The van der Waals surface area contributed by atoms with Crippen LogP contribution in [0, 0.1) is 0 Å². The van der Waals surface area contributed by atoms with Crippen LogP contribution in [0.2, 0.25) is 0 Å². The van der Waals surface area contributed by atoms with Crippen LogP contribution < -0.4 is 4.74 Å². The van der Waals surface area contributed by atoms with E-state index in [1.54, 1.807) is 24.3 Å². The minimum Gasteiger partial charge on any atom is -0.497 e. The zero-order valence-electron chi connectivity index (χ0n) is 12.0. The molecule has 0 N–H and O–H groups in total. The van der Waals surface area contributed by atoms with Crippen LogP contribution in [0.5, 0.6) is 5.75 Å². The number of nitrogens with zero attached hydrogens (tertiary/aromatic N) is 3. The van der Waals surface area contributed by atoms with Gasteiger partial charge in [-0.1, -0.05) is 22.7 Å². The molecule has 0 saturated heterocycles. The van der Waals surface area contributed by atoms with Crippen molar-refractivity contribution >= 4 is 42.8 Å². The van der Waals surface area contributed by atoms with Crippen molar-refractivity contribution in [2.75, 3.05) is 7.11 Å². The van der Waals surface area contributed by atoms with E-state index in [-0.39, 0.29) is 4.90 Å². The predicted molar refractivity (Wildman–Crippen MR) is 88.5 cm³/mol. The fraction of sp³-hybridized carbons (Fsp3) is 0.0667. The summed E-state index contributed by atoms with van der Waals surface area (Å²) in [5.74, 6) is 0.603. The van der Waals surface area contributed by atoms with E-state index in [1.165, 1.54) is 23.2 Å². The van der Waals surface area contributed by atoms with Crippen molar-refractivity contribution in [2.24, 2.45) is 0 Å². The molecule has 4 aromatic rings. The number of methoxy groups -OCH3 is 1. The molecule has 6 nitrogen and oxygen atoms in total. The monoisotopic (exact) mass is 345 g/mol. The average molecular weight is 345 g/mol. The van der Waals surface area contributed by atoms with E-state index < -0.39 is 10.0 Å². The summed E-state index contributed by atoms with van der Waals surface area (Å²) in [5, 5.41) is 4.84. The van der Waals surface area contributed by atoms with E-state index in [2.05, 4.69) is 9.59 Å². The third-order valence-corrected chi connectivity index (χ3v) is 6.19. The van der Waals surface area contributed by atoms with Crippen LogP contribution in [0.3, 0.4) is 0 Å². The van der Waals surface area contributed by atoms with E-state index in [0.717, 1.165) is 16.9 Å². The van der Waals surface area contributed by atoms with Gasteiger partial charge in [-0.25, -0.2) is 12.4 Å². The maximum atomic E-state index is 13.1. The Morgan fingerprint density at radius 2 is 1.83 bits per heavy atom. The van der Waals surface area contributed by atoms with E-state index >= 15 is 0 Å². The van der Waals surface area contributed by atoms with Crippen LogP contribution in [0.4, 0.5) is 0 Å². The van der Waals surface area contributed by atoms with Gasteiger partial charge in [0.2, 0.25) is 0 Å². The highest BCUT2D eigenvalue weighted by atomic mass is 32.2. The second-order valence-corrected chi connectivity index (χ2v) is 7.41. The van der Waals surface area contributed by atoms with Crippen LogP contribution in [0.25, 0.3) is 21.3 Å². The lowest BCUT2D eigenvalue weighted by atomic mass is 10.2. The summed E-state index contributed by atoms with van der Waals surface area (Å²) in [6.45, 7) is 0. The van der Waals surface area contributed by atoms with Crippen molar-refractivity contribution in [2.45, 2.75) is 4.90 Å². The topological polar surface area (TPSA) is 74.1 Å². The molecule has 0 aliphatic heterocycles. The molecule has 4 rings (SSSR count). The summed E-state index contributed by atoms with van der Waals surface area (Å²) in [5.41, 5.74) is 1.20. The molecule has 0 spiro atoms. The third-order valence-electron chi connectivity index (χ3n) is 3.63. The Morgan fingerprint density at radius 1 is 1.09 bits per heavy atom. The molecular weight excluding hydrogens is 334 g/mol. The number of hydrogen-bond acceptors (Lipinski definition) is 6. The summed E-state index contributed by atoms with van der Waals surface area (Å²) in [4.78, 5) is 0.705. The molecule has 0 fully saturated rings. The van der Waals surface area contributed by atoms with Gasteiger partial charge in [0, 0.05) is 16.9 Å². The maximum Gasteiger partial charge on any atom is 0.269 e. The highest BCUT2D eigenvalue weighted by Gasteiger charge is 2.25. The van der Waals surface area contributed by atoms with E-state index in [4.69, 9.17) is 4.74 Å². The molecule has 0 unspecified atom stereocenters. The molecule has 0 bridgehead atoms. The molecule has 0 atom stereocenters. The van der Waals surface area contributed by atoms with Crippen molar-refractivity contribution in [1.82, 2.24) is 13.6 Å². The van der Waals surface area contributed by atoms with E-state index in [1.807, 2.05) is 12.1 Å². The molecule has 0 aliphatic rings. The van der Waals surface area contributed by atoms with Crippen LogP contribution >= 0.6 is 11.5 Å². The van der Waals surface area contributed by atoms with Gasteiger partial charge in [0.05, 0.1) is 17.5 Å². The molecule has 23 heavy (non-hydrogen) atoms. The van der Waals surface area contributed by atoms with Gasteiger partial charge in [0.1, 0.15) is 11.3 Å². The zero-order chi connectivity index (χ0) is 16.0. The molecule has 2 heterocycles. The first kappa shape index (κ1) is 14.2. The lowest BCUT2D eigenvalue weighted by Gasteiger charge is -2.08. The second-order valence-electron chi connectivity index (χ2n) is 4.89. The number of fused-ring (bicyclic) bond motifs is 3. The fourth-order valence-corrected chi connectivity index (χ4v) is 4.96. The molecule has 0 amide bonds. The Kier molecular flexibility index (Phi) is 3.10. The van der Waals surface area contributed by atoms with Crippen LogP contribution in [0.1, 0.15) is 0 Å². The Morgan fingerprint density at radius 3 is 2.57 bits per heavy atom. The lowest BCUT2D eigenvalue weighted by molar-refractivity contribution is 0.414. The summed E-state index contributed by atoms with van der Waals surface area (Å²) >= 11 is 1.07. The van der Waals surface area contributed by atoms with Gasteiger partial charge in [-0.05, 0) is 30.3 Å². The van der Waals surface area contributed by atoms with Gasteiger partial charge in [-0.2, -0.15) is 0 Å². The number of aromatic nitrogens is 3. The number of benzene rings is 2. The van der Waals surface area contributed by atoms with Crippen LogP contribution in [-0.2, 0) is 10.0 Å². The maximum absolute atomic E-state index is 13.1. The number of ether oxygens (including phenoxy) is 1. The van der Waals surface area contributed by atoms with Gasteiger partial charge in [0.25, 0.3) is 10.0 Å². The molecule has 8 heteroatoms. The van der Waals surface area contributed by atoms with Gasteiger partial charge >= 0.3 is 0 Å². The van der Waals surface area contributed by atoms with Crippen molar-refractivity contribution in [3.8, 4) is 5.75 Å². The summed E-state index contributed by atoms with van der Waals surface area (Å²) in [7, 11) is -2.22. The van der Waals surface area contributed by atoms with Gasteiger partial charge in [-0.15, -0.1) is 5.10 Å². The van der Waals surface area contributed by atoms with Crippen molar-refractivity contribution < 1.29 is 13.2 Å². The lowest BCUT2D eigenvalue weighted by Crippen LogP contribution is -2.12. The first-order valence-corrected chi connectivity index (χ1v) is 8.95. The molecule has 0 radical (unpaired) electrons. The molecule has 0 saturated carbocycles. The van der Waals surface area contributed by atoms with Crippen molar-refractivity contribution in [1.29, 1.82) is 0 Å². The minimum absolute atomic E-state index is 0.189. The van der Waals surface area contributed by atoms with Crippen LogP contribution in [0.15, 0.2) is 53.4 Å². The minimum atomic E-state index is -3.75. The molecule has 0 aliphatic carbocycles. The number of para-hydroxylation sites is 1. The quantitative estimate of drug-likeness (QED) is 0.571. The standard InChI is InChI=1S/C15H11N3O3S2/c1-21-10-6-8-11(9-7-10)23(19,20)18-13-5-3-2-4-12(13)14-15(18)22-17-16-14/h2-9H,1H3. The zero-order valence-corrected chi connectivity index (χ0v) is 13.6. The summed E-state index contributed by atoms with van der Waals surface area (Å²) in [6, 6.07) is 13.6. The summed E-state index contributed by atoms with van der Waals surface area (Å²) in [6.07, 6.45) is 0. The molecule has 116 valence electrons. The number of rotatable bonds is 3. The number of hydrogen-bond donors (Lipinski definition) is 0. The summed E-state index contributed by atoms with van der Waals surface area (Å²) < 4.78 is 36.5. The van der Waals surface area contributed by atoms with Crippen molar-refractivity contribution in [3.05, 3.63) is 48.5 Å². The molecule has 2 aromatic carbocycles.